The quantitative estimate of drug-likeness (QED) is 0.890. The van der Waals surface area contributed by atoms with Crippen LogP contribution in [0.15, 0.2) is 23.7 Å². The first-order chi connectivity index (χ1) is 9.20. The van der Waals surface area contributed by atoms with Crippen LogP contribution in [0.3, 0.4) is 0 Å². The van der Waals surface area contributed by atoms with Crippen LogP contribution < -0.4 is 10.6 Å². The van der Waals surface area contributed by atoms with E-state index >= 15 is 0 Å². The molecular weight excluding hydrogens is 284 g/mol. The summed E-state index contributed by atoms with van der Waals surface area (Å²) >= 11 is 7.47. The molecule has 2 aromatic heterocycles. The Morgan fingerprint density at radius 2 is 2.32 bits per heavy atom. The zero-order chi connectivity index (χ0) is 13.7. The normalized spacial score (nSPS) is 10.2. The number of halogens is 1. The number of amides is 1. The van der Waals surface area contributed by atoms with Crippen molar-refractivity contribution in [3.63, 3.8) is 0 Å². The van der Waals surface area contributed by atoms with Gasteiger partial charge in [-0.1, -0.05) is 11.6 Å². The van der Waals surface area contributed by atoms with Gasteiger partial charge in [0.1, 0.15) is 16.5 Å². The van der Waals surface area contributed by atoms with Crippen LogP contribution in [0.2, 0.25) is 5.02 Å². The molecule has 0 aliphatic rings. The molecule has 0 aliphatic carbocycles. The molecule has 2 N–H and O–H groups in total. The number of carbonyl (C=O) groups is 1. The summed E-state index contributed by atoms with van der Waals surface area (Å²) in [5, 5.41) is 8.82. The van der Waals surface area contributed by atoms with Gasteiger partial charge in [-0.15, -0.1) is 11.3 Å². The summed E-state index contributed by atoms with van der Waals surface area (Å²) in [5.41, 5.74) is 0.219. The van der Waals surface area contributed by atoms with Crippen LogP contribution in [-0.4, -0.2) is 22.4 Å². The van der Waals surface area contributed by atoms with Gasteiger partial charge in [-0.25, -0.2) is 9.97 Å². The molecule has 0 spiro atoms. The molecule has 2 rings (SSSR count). The van der Waals surface area contributed by atoms with E-state index < -0.39 is 0 Å². The van der Waals surface area contributed by atoms with Crippen LogP contribution in [0, 0.1) is 0 Å². The topological polar surface area (TPSA) is 66.9 Å². The summed E-state index contributed by atoms with van der Waals surface area (Å²) in [5.74, 6) is 0.325. The highest BCUT2D eigenvalue weighted by Gasteiger charge is 2.13. The Hall–Kier alpha value is -1.66. The van der Waals surface area contributed by atoms with Gasteiger partial charge in [0.15, 0.2) is 0 Å². The van der Waals surface area contributed by atoms with Gasteiger partial charge in [0.2, 0.25) is 0 Å². The third kappa shape index (κ3) is 3.65. The Morgan fingerprint density at radius 1 is 1.47 bits per heavy atom. The van der Waals surface area contributed by atoms with Gasteiger partial charge >= 0.3 is 0 Å². The van der Waals surface area contributed by atoms with Crippen LogP contribution in [0.25, 0.3) is 0 Å². The van der Waals surface area contributed by atoms with Gasteiger partial charge in [-0.3, -0.25) is 4.79 Å². The molecule has 0 saturated carbocycles. The maximum atomic E-state index is 12.0. The minimum Gasteiger partial charge on any atom is -0.370 e. The molecule has 0 fully saturated rings. The number of pyridine rings is 1. The molecule has 0 aromatic carbocycles. The number of nitrogens with zero attached hydrogens (tertiary/aromatic N) is 2. The molecule has 0 aliphatic heterocycles. The zero-order valence-corrected chi connectivity index (χ0v) is 11.9. The van der Waals surface area contributed by atoms with E-state index in [2.05, 4.69) is 20.6 Å². The molecule has 0 radical (unpaired) electrons. The summed E-state index contributed by atoms with van der Waals surface area (Å²) < 4.78 is 0. The smallest absolute Gasteiger partial charge is 0.271 e. The van der Waals surface area contributed by atoms with Crippen LogP contribution in [-0.2, 0) is 6.54 Å². The van der Waals surface area contributed by atoms with E-state index in [-0.39, 0.29) is 11.6 Å². The van der Waals surface area contributed by atoms with E-state index in [0.717, 1.165) is 11.6 Å². The Bertz CT molecular complexity index is 559. The van der Waals surface area contributed by atoms with Crippen LogP contribution in [0.4, 0.5) is 5.82 Å². The second-order valence-corrected chi connectivity index (χ2v) is 5.05. The summed E-state index contributed by atoms with van der Waals surface area (Å²) in [7, 11) is 0. The summed E-state index contributed by atoms with van der Waals surface area (Å²) in [4.78, 5) is 20.3. The Morgan fingerprint density at radius 3 is 3.00 bits per heavy atom. The number of hydrogen-bond donors (Lipinski definition) is 2. The van der Waals surface area contributed by atoms with Crippen LogP contribution in [0.1, 0.15) is 22.4 Å². The third-order valence-corrected chi connectivity index (χ3v) is 3.39. The SMILES string of the molecule is CCNc1ccc(Cl)c(C(=O)NCc2nccs2)n1. The minimum absolute atomic E-state index is 0.219. The first-order valence-corrected chi connectivity index (χ1v) is 7.03. The van der Waals surface area contributed by atoms with E-state index in [1.54, 1.807) is 18.3 Å². The van der Waals surface area contributed by atoms with Gasteiger partial charge in [0, 0.05) is 18.1 Å². The van der Waals surface area contributed by atoms with Crippen LogP contribution in [0.5, 0.6) is 0 Å². The molecule has 0 bridgehead atoms. The predicted octanol–water partition coefficient (Wildman–Crippen LogP) is 2.55. The maximum Gasteiger partial charge on any atom is 0.271 e. The highest BCUT2D eigenvalue weighted by atomic mass is 35.5. The van der Waals surface area contributed by atoms with E-state index in [9.17, 15) is 4.79 Å². The molecule has 2 aromatic rings. The van der Waals surface area contributed by atoms with Crippen molar-refractivity contribution in [1.82, 2.24) is 15.3 Å². The lowest BCUT2D eigenvalue weighted by molar-refractivity contribution is 0.0946. The lowest BCUT2D eigenvalue weighted by Gasteiger charge is -2.07. The first-order valence-electron chi connectivity index (χ1n) is 5.77. The number of rotatable bonds is 5. The lowest BCUT2D eigenvalue weighted by Crippen LogP contribution is -2.24. The standard InChI is InChI=1S/C12H13ClN4OS/c1-2-14-9-4-3-8(13)11(17-9)12(18)16-7-10-15-5-6-19-10/h3-6H,2,7H2,1H3,(H,14,17)(H,16,18). The molecule has 19 heavy (non-hydrogen) atoms. The minimum atomic E-state index is -0.306. The van der Waals surface area contributed by atoms with E-state index in [1.807, 2.05) is 12.3 Å². The number of thiazole rings is 1. The Kier molecular flexibility index (Phi) is 4.70. The van der Waals surface area contributed by atoms with Gasteiger partial charge in [-0.2, -0.15) is 0 Å². The molecule has 2 heterocycles. The van der Waals surface area contributed by atoms with Gasteiger partial charge in [0.25, 0.3) is 5.91 Å². The van der Waals surface area contributed by atoms with Crippen LogP contribution >= 0.6 is 22.9 Å². The molecule has 7 heteroatoms. The second-order valence-electron chi connectivity index (χ2n) is 3.67. The summed E-state index contributed by atoms with van der Waals surface area (Å²) in [6, 6.07) is 3.40. The highest BCUT2D eigenvalue weighted by molar-refractivity contribution is 7.09. The number of nitrogens with one attached hydrogen (secondary N) is 2. The monoisotopic (exact) mass is 296 g/mol. The van der Waals surface area contributed by atoms with E-state index in [1.165, 1.54) is 11.3 Å². The zero-order valence-electron chi connectivity index (χ0n) is 10.3. The second kappa shape index (κ2) is 6.49. The number of anilines is 1. The number of hydrogen-bond acceptors (Lipinski definition) is 5. The number of carbonyl (C=O) groups excluding carboxylic acids is 1. The fourth-order valence-corrected chi connectivity index (χ4v) is 2.21. The van der Waals surface area contributed by atoms with Gasteiger partial charge < -0.3 is 10.6 Å². The molecule has 100 valence electrons. The van der Waals surface area contributed by atoms with Crippen molar-refractivity contribution < 1.29 is 4.79 Å². The highest BCUT2D eigenvalue weighted by Crippen LogP contribution is 2.16. The average Bonchev–Trinajstić information content (AvgIpc) is 2.92. The Labute approximate surface area is 120 Å². The number of aromatic nitrogens is 2. The van der Waals surface area contributed by atoms with Crippen molar-refractivity contribution in [2.24, 2.45) is 0 Å². The van der Waals surface area contributed by atoms with E-state index in [4.69, 9.17) is 11.6 Å². The van der Waals surface area contributed by atoms with Gasteiger partial charge in [0.05, 0.1) is 11.6 Å². The predicted molar refractivity (Wildman–Crippen MR) is 76.7 cm³/mol. The first kappa shape index (κ1) is 13.8. The summed E-state index contributed by atoms with van der Waals surface area (Å²) in [6.07, 6.45) is 1.70. The Balaban J connectivity index is 2.07. The lowest BCUT2D eigenvalue weighted by atomic mass is 10.3. The molecule has 0 unspecified atom stereocenters. The third-order valence-electron chi connectivity index (χ3n) is 2.30. The molecule has 1 amide bonds. The van der Waals surface area contributed by atoms with E-state index in [0.29, 0.717) is 17.4 Å². The summed E-state index contributed by atoms with van der Waals surface area (Å²) in [6.45, 7) is 3.06. The fraction of sp³-hybridized carbons (Fsp3) is 0.250. The molecular formula is C12H13ClN4OS. The van der Waals surface area contributed by atoms with Crippen molar-refractivity contribution in [3.05, 3.63) is 39.4 Å². The fourth-order valence-electron chi connectivity index (χ4n) is 1.46. The van der Waals surface area contributed by atoms with Gasteiger partial charge in [-0.05, 0) is 19.1 Å². The average molecular weight is 297 g/mol. The largest absolute Gasteiger partial charge is 0.370 e. The van der Waals surface area contributed by atoms with Crippen molar-refractivity contribution >= 4 is 34.7 Å². The molecule has 0 atom stereocenters. The van der Waals surface area contributed by atoms with Crippen molar-refractivity contribution in [2.45, 2.75) is 13.5 Å². The van der Waals surface area contributed by atoms with Crippen molar-refractivity contribution in [1.29, 1.82) is 0 Å². The van der Waals surface area contributed by atoms with Crippen molar-refractivity contribution in [2.75, 3.05) is 11.9 Å². The van der Waals surface area contributed by atoms with Crippen molar-refractivity contribution in [3.8, 4) is 0 Å². The maximum absolute atomic E-state index is 12.0. The molecule has 0 saturated heterocycles. The molecule has 5 nitrogen and oxygen atoms in total.